The van der Waals surface area contributed by atoms with Crippen LogP contribution in [0.15, 0.2) is 34.7 Å². The Bertz CT molecular complexity index is 537. The highest BCUT2D eigenvalue weighted by Gasteiger charge is 2.26. The molecule has 1 aliphatic rings. The normalized spacial score (nSPS) is 15.5. The zero-order valence-corrected chi connectivity index (χ0v) is 11.4. The lowest BCUT2D eigenvalue weighted by Gasteiger charge is -2.36. The molecule has 0 spiro atoms. The minimum Gasteiger partial charge on any atom is -0.419 e. The van der Waals surface area contributed by atoms with Gasteiger partial charge in [-0.25, -0.2) is 0 Å². The van der Waals surface area contributed by atoms with Crippen LogP contribution in [-0.4, -0.2) is 39.4 Å². The van der Waals surface area contributed by atoms with Gasteiger partial charge in [0.1, 0.15) is 0 Å². The number of benzene rings is 1. The Morgan fingerprint density at radius 3 is 2.65 bits per heavy atom. The van der Waals surface area contributed by atoms with E-state index in [0.29, 0.717) is 30.9 Å². The summed E-state index contributed by atoms with van der Waals surface area (Å²) in [6.07, 6.45) is 3.66. The predicted molar refractivity (Wildman–Crippen MR) is 74.9 cm³/mol. The standard InChI is InChI=1S/C15H19N3O2/c19-10-9-18(13-7-4-8-13)11-14-16-17-15(20-14)12-5-2-1-3-6-12/h1-3,5-6,13,19H,4,7-11H2. The van der Waals surface area contributed by atoms with E-state index in [1.54, 1.807) is 0 Å². The van der Waals surface area contributed by atoms with Gasteiger partial charge in [-0.3, -0.25) is 4.90 Å². The molecule has 1 aliphatic carbocycles. The molecule has 0 radical (unpaired) electrons. The third kappa shape index (κ3) is 2.89. The highest BCUT2D eigenvalue weighted by molar-refractivity contribution is 5.51. The largest absolute Gasteiger partial charge is 0.419 e. The average molecular weight is 273 g/mol. The molecule has 0 aliphatic heterocycles. The van der Waals surface area contributed by atoms with Crippen molar-refractivity contribution in [2.24, 2.45) is 0 Å². The molecule has 1 heterocycles. The molecule has 1 saturated carbocycles. The summed E-state index contributed by atoms with van der Waals surface area (Å²) in [4.78, 5) is 2.23. The van der Waals surface area contributed by atoms with Crippen LogP contribution in [0.25, 0.3) is 11.5 Å². The zero-order valence-electron chi connectivity index (χ0n) is 11.4. The van der Waals surface area contributed by atoms with Crippen LogP contribution in [0.5, 0.6) is 0 Å². The Labute approximate surface area is 118 Å². The van der Waals surface area contributed by atoms with Crippen LogP contribution < -0.4 is 0 Å². The van der Waals surface area contributed by atoms with E-state index in [9.17, 15) is 0 Å². The van der Waals surface area contributed by atoms with Crippen molar-refractivity contribution in [2.75, 3.05) is 13.2 Å². The summed E-state index contributed by atoms with van der Waals surface area (Å²) in [6.45, 7) is 1.44. The molecule has 2 aromatic rings. The van der Waals surface area contributed by atoms with Crippen molar-refractivity contribution < 1.29 is 9.52 Å². The van der Waals surface area contributed by atoms with Gasteiger partial charge < -0.3 is 9.52 Å². The van der Waals surface area contributed by atoms with E-state index in [0.717, 1.165) is 5.56 Å². The van der Waals surface area contributed by atoms with Gasteiger partial charge >= 0.3 is 0 Å². The molecular formula is C15H19N3O2. The van der Waals surface area contributed by atoms with Gasteiger partial charge in [-0.05, 0) is 25.0 Å². The van der Waals surface area contributed by atoms with Gasteiger partial charge in [0.25, 0.3) is 0 Å². The van der Waals surface area contributed by atoms with Crippen LogP contribution in [0.1, 0.15) is 25.2 Å². The van der Waals surface area contributed by atoms with Crippen LogP contribution in [-0.2, 0) is 6.54 Å². The maximum absolute atomic E-state index is 9.16. The molecule has 0 bridgehead atoms. The molecule has 0 unspecified atom stereocenters. The number of aromatic nitrogens is 2. The summed E-state index contributed by atoms with van der Waals surface area (Å²) in [5.74, 6) is 1.17. The molecule has 5 nitrogen and oxygen atoms in total. The second kappa shape index (κ2) is 6.15. The first-order valence-corrected chi connectivity index (χ1v) is 7.09. The first-order chi connectivity index (χ1) is 9.86. The van der Waals surface area contributed by atoms with Gasteiger partial charge in [-0.2, -0.15) is 0 Å². The second-order valence-corrected chi connectivity index (χ2v) is 5.15. The maximum Gasteiger partial charge on any atom is 0.247 e. The second-order valence-electron chi connectivity index (χ2n) is 5.15. The molecule has 1 aromatic heterocycles. The minimum absolute atomic E-state index is 0.163. The molecule has 0 atom stereocenters. The highest BCUT2D eigenvalue weighted by Crippen LogP contribution is 2.26. The Morgan fingerprint density at radius 2 is 2.00 bits per heavy atom. The third-order valence-electron chi connectivity index (χ3n) is 3.80. The topological polar surface area (TPSA) is 62.4 Å². The predicted octanol–water partition coefficient (Wildman–Crippen LogP) is 2.08. The van der Waals surface area contributed by atoms with Crippen LogP contribution in [0, 0.1) is 0 Å². The number of hydrogen-bond acceptors (Lipinski definition) is 5. The van der Waals surface area contributed by atoms with Crippen LogP contribution in [0.3, 0.4) is 0 Å². The summed E-state index contributed by atoms with van der Waals surface area (Å²) in [7, 11) is 0. The van der Waals surface area contributed by atoms with Gasteiger partial charge in [0.15, 0.2) is 0 Å². The number of aliphatic hydroxyl groups excluding tert-OH is 1. The molecule has 1 fully saturated rings. The molecule has 20 heavy (non-hydrogen) atoms. The summed E-state index contributed by atoms with van der Waals surface area (Å²) in [5.41, 5.74) is 0.934. The number of rotatable bonds is 6. The Balaban J connectivity index is 1.69. The number of nitrogens with zero attached hydrogens (tertiary/aromatic N) is 3. The van der Waals surface area contributed by atoms with Crippen molar-refractivity contribution in [2.45, 2.75) is 31.8 Å². The molecule has 3 rings (SSSR count). The van der Waals surface area contributed by atoms with Crippen LogP contribution in [0.2, 0.25) is 0 Å². The molecule has 106 valence electrons. The SMILES string of the molecule is OCCN(Cc1nnc(-c2ccccc2)o1)C1CCC1. The highest BCUT2D eigenvalue weighted by atomic mass is 16.4. The fraction of sp³-hybridized carbons (Fsp3) is 0.467. The average Bonchev–Trinajstić information content (AvgIpc) is 2.87. The number of hydrogen-bond donors (Lipinski definition) is 1. The molecular weight excluding hydrogens is 254 g/mol. The van der Waals surface area contributed by atoms with Gasteiger partial charge in [0.2, 0.25) is 11.8 Å². The Morgan fingerprint density at radius 1 is 1.20 bits per heavy atom. The Kier molecular flexibility index (Phi) is 4.08. The molecule has 5 heteroatoms. The lowest BCUT2D eigenvalue weighted by atomic mass is 9.91. The molecule has 1 N–H and O–H groups in total. The lowest BCUT2D eigenvalue weighted by Crippen LogP contribution is -2.41. The lowest BCUT2D eigenvalue weighted by molar-refractivity contribution is 0.0862. The van der Waals surface area contributed by atoms with Crippen LogP contribution in [0.4, 0.5) is 0 Å². The monoisotopic (exact) mass is 273 g/mol. The van der Waals surface area contributed by atoms with E-state index in [4.69, 9.17) is 9.52 Å². The van der Waals surface area contributed by atoms with Gasteiger partial charge in [-0.15, -0.1) is 10.2 Å². The van der Waals surface area contributed by atoms with E-state index in [-0.39, 0.29) is 6.61 Å². The van der Waals surface area contributed by atoms with Crippen LogP contribution >= 0.6 is 0 Å². The van der Waals surface area contributed by atoms with E-state index in [1.807, 2.05) is 30.3 Å². The van der Waals surface area contributed by atoms with Gasteiger partial charge in [0, 0.05) is 18.2 Å². The molecule has 1 aromatic carbocycles. The van der Waals surface area contributed by atoms with Gasteiger partial charge in [-0.1, -0.05) is 24.6 Å². The van der Waals surface area contributed by atoms with E-state index >= 15 is 0 Å². The first kappa shape index (κ1) is 13.3. The van der Waals surface area contributed by atoms with Crippen molar-refractivity contribution in [1.29, 1.82) is 0 Å². The summed E-state index contributed by atoms with van der Waals surface area (Å²) < 4.78 is 5.72. The van der Waals surface area contributed by atoms with Crippen molar-refractivity contribution in [3.63, 3.8) is 0 Å². The first-order valence-electron chi connectivity index (χ1n) is 7.09. The summed E-state index contributed by atoms with van der Waals surface area (Å²) in [5, 5.41) is 17.4. The summed E-state index contributed by atoms with van der Waals surface area (Å²) in [6, 6.07) is 10.3. The van der Waals surface area contributed by atoms with Crippen molar-refractivity contribution in [1.82, 2.24) is 15.1 Å². The van der Waals surface area contributed by atoms with E-state index in [2.05, 4.69) is 15.1 Å². The third-order valence-corrected chi connectivity index (χ3v) is 3.80. The quantitative estimate of drug-likeness (QED) is 0.873. The molecule has 0 amide bonds. The van der Waals surface area contributed by atoms with Crippen molar-refractivity contribution in [3.8, 4) is 11.5 Å². The zero-order chi connectivity index (χ0) is 13.8. The van der Waals surface area contributed by atoms with E-state index in [1.165, 1.54) is 19.3 Å². The van der Waals surface area contributed by atoms with Crippen molar-refractivity contribution in [3.05, 3.63) is 36.2 Å². The van der Waals surface area contributed by atoms with Gasteiger partial charge in [0.05, 0.1) is 13.2 Å². The smallest absolute Gasteiger partial charge is 0.247 e. The molecule has 0 saturated heterocycles. The maximum atomic E-state index is 9.16. The fourth-order valence-electron chi connectivity index (χ4n) is 2.46. The fourth-order valence-corrected chi connectivity index (χ4v) is 2.46. The number of aliphatic hydroxyl groups is 1. The Hall–Kier alpha value is -1.72. The minimum atomic E-state index is 0.163. The van der Waals surface area contributed by atoms with Crippen molar-refractivity contribution >= 4 is 0 Å². The summed E-state index contributed by atoms with van der Waals surface area (Å²) >= 11 is 0. The van der Waals surface area contributed by atoms with E-state index < -0.39 is 0 Å².